The minimum Gasteiger partial charge on any atom is -0.311 e. The lowest BCUT2D eigenvalue weighted by atomic mass is 10.2. The Morgan fingerprint density at radius 1 is 1.12 bits per heavy atom. The van der Waals surface area contributed by atoms with E-state index in [9.17, 15) is 9.18 Å². The molecule has 1 aromatic heterocycles. The first kappa shape index (κ1) is 15.8. The number of tetrazole rings is 1. The molecule has 6 nitrogen and oxygen atoms in total. The monoisotopic (exact) mass is 325 g/mol. The van der Waals surface area contributed by atoms with Gasteiger partial charge in [0.1, 0.15) is 12.4 Å². The summed E-state index contributed by atoms with van der Waals surface area (Å²) in [7, 11) is 0. The van der Waals surface area contributed by atoms with E-state index in [1.54, 1.807) is 23.1 Å². The molecule has 0 saturated carbocycles. The number of hydrogen-bond donors (Lipinski definition) is 0. The molecule has 0 aliphatic heterocycles. The predicted molar refractivity (Wildman–Crippen MR) is 87.7 cm³/mol. The molecule has 0 aliphatic rings. The molecule has 0 atom stereocenters. The van der Waals surface area contributed by atoms with Crippen molar-refractivity contribution in [3.63, 3.8) is 0 Å². The van der Waals surface area contributed by atoms with E-state index in [1.807, 2.05) is 37.3 Å². The fraction of sp³-hybridized carbons (Fsp3) is 0.176. The normalized spacial score (nSPS) is 10.6. The van der Waals surface area contributed by atoms with Gasteiger partial charge in [0, 0.05) is 12.2 Å². The number of hydrogen-bond acceptors (Lipinski definition) is 4. The maximum Gasteiger partial charge on any atom is 0.250 e. The van der Waals surface area contributed by atoms with Crippen LogP contribution in [0, 0.1) is 5.82 Å². The third-order valence-corrected chi connectivity index (χ3v) is 3.53. The van der Waals surface area contributed by atoms with Crippen molar-refractivity contribution in [1.82, 2.24) is 20.2 Å². The highest BCUT2D eigenvalue weighted by Crippen LogP contribution is 2.17. The smallest absolute Gasteiger partial charge is 0.250 e. The van der Waals surface area contributed by atoms with Gasteiger partial charge in [0.15, 0.2) is 0 Å². The van der Waals surface area contributed by atoms with Gasteiger partial charge in [0.05, 0.1) is 5.56 Å². The van der Waals surface area contributed by atoms with Crippen LogP contribution < -0.4 is 4.90 Å². The van der Waals surface area contributed by atoms with Crippen LogP contribution in [0.2, 0.25) is 0 Å². The first-order valence-corrected chi connectivity index (χ1v) is 7.57. The lowest BCUT2D eigenvalue weighted by Gasteiger charge is -2.20. The molecule has 122 valence electrons. The van der Waals surface area contributed by atoms with Crippen LogP contribution in [0.1, 0.15) is 6.92 Å². The molecule has 3 rings (SSSR count). The number of aromatic nitrogens is 4. The summed E-state index contributed by atoms with van der Waals surface area (Å²) in [6, 6.07) is 15.5. The first-order valence-electron chi connectivity index (χ1n) is 7.57. The SMILES string of the molecule is CCN(C(=O)Cn1nnc(-c2ccccc2F)n1)c1ccccc1. The largest absolute Gasteiger partial charge is 0.311 e. The van der Waals surface area contributed by atoms with Crippen LogP contribution in [0.5, 0.6) is 0 Å². The van der Waals surface area contributed by atoms with Crippen molar-refractivity contribution in [2.24, 2.45) is 0 Å². The minimum atomic E-state index is -0.428. The Bertz CT molecular complexity index is 834. The van der Waals surface area contributed by atoms with Crippen LogP contribution >= 0.6 is 0 Å². The summed E-state index contributed by atoms with van der Waals surface area (Å²) >= 11 is 0. The number of benzene rings is 2. The standard InChI is InChI=1S/C17H16FN5O/c1-2-22(13-8-4-3-5-9-13)16(24)12-23-20-17(19-21-23)14-10-6-7-11-15(14)18/h3-11H,2,12H2,1H3. The number of carbonyl (C=O) groups excluding carboxylic acids is 1. The van der Waals surface area contributed by atoms with E-state index in [4.69, 9.17) is 0 Å². The van der Waals surface area contributed by atoms with Crippen molar-refractivity contribution < 1.29 is 9.18 Å². The molecule has 0 bridgehead atoms. The lowest BCUT2D eigenvalue weighted by Crippen LogP contribution is -2.34. The van der Waals surface area contributed by atoms with Gasteiger partial charge in [-0.05, 0) is 36.4 Å². The van der Waals surface area contributed by atoms with Gasteiger partial charge in [0.2, 0.25) is 5.82 Å². The third kappa shape index (κ3) is 3.29. The molecule has 0 fully saturated rings. The molecule has 0 unspecified atom stereocenters. The Labute approximate surface area is 138 Å². The van der Waals surface area contributed by atoms with Crippen LogP contribution in [0.4, 0.5) is 10.1 Å². The zero-order valence-corrected chi connectivity index (χ0v) is 13.1. The van der Waals surface area contributed by atoms with E-state index in [-0.39, 0.29) is 23.8 Å². The lowest BCUT2D eigenvalue weighted by molar-refractivity contribution is -0.119. The number of rotatable bonds is 5. The van der Waals surface area contributed by atoms with Gasteiger partial charge in [-0.1, -0.05) is 30.3 Å². The summed E-state index contributed by atoms with van der Waals surface area (Å²) in [4.78, 5) is 15.3. The summed E-state index contributed by atoms with van der Waals surface area (Å²) in [5.74, 6) is -0.437. The van der Waals surface area contributed by atoms with Gasteiger partial charge in [0.25, 0.3) is 5.91 Å². The van der Waals surface area contributed by atoms with E-state index in [0.29, 0.717) is 6.54 Å². The van der Waals surface area contributed by atoms with Gasteiger partial charge in [-0.25, -0.2) is 4.39 Å². The van der Waals surface area contributed by atoms with Crippen LogP contribution in [0.25, 0.3) is 11.4 Å². The van der Waals surface area contributed by atoms with Crippen molar-refractivity contribution >= 4 is 11.6 Å². The molecule has 7 heteroatoms. The number of amides is 1. The van der Waals surface area contributed by atoms with Gasteiger partial charge in [-0.2, -0.15) is 4.80 Å². The quantitative estimate of drug-likeness (QED) is 0.723. The average molecular weight is 325 g/mol. The molecule has 1 amide bonds. The molecule has 0 aliphatic carbocycles. The Balaban J connectivity index is 1.77. The second-order valence-corrected chi connectivity index (χ2v) is 5.10. The second kappa shape index (κ2) is 6.99. The fourth-order valence-corrected chi connectivity index (χ4v) is 2.38. The Kier molecular flexibility index (Phi) is 4.60. The summed E-state index contributed by atoms with van der Waals surface area (Å²) in [5, 5.41) is 11.8. The molecule has 0 spiro atoms. The molecule has 0 saturated heterocycles. The summed E-state index contributed by atoms with van der Waals surface area (Å²) in [6.07, 6.45) is 0. The number of anilines is 1. The maximum atomic E-state index is 13.8. The van der Waals surface area contributed by atoms with E-state index >= 15 is 0 Å². The molecule has 0 radical (unpaired) electrons. The Morgan fingerprint density at radius 3 is 2.54 bits per heavy atom. The molecule has 24 heavy (non-hydrogen) atoms. The van der Waals surface area contributed by atoms with E-state index in [0.717, 1.165) is 5.69 Å². The minimum absolute atomic E-state index is 0.0653. The Hall–Kier alpha value is -3.09. The zero-order valence-electron chi connectivity index (χ0n) is 13.1. The highest BCUT2D eigenvalue weighted by molar-refractivity contribution is 5.92. The van der Waals surface area contributed by atoms with E-state index in [1.165, 1.54) is 10.9 Å². The molecular formula is C17H16FN5O. The number of halogens is 1. The Morgan fingerprint density at radius 2 is 1.83 bits per heavy atom. The first-order chi connectivity index (χ1) is 11.7. The van der Waals surface area contributed by atoms with Gasteiger partial charge in [-0.3, -0.25) is 4.79 Å². The molecule has 3 aromatic rings. The van der Waals surface area contributed by atoms with Crippen LogP contribution in [-0.2, 0) is 11.3 Å². The molecule has 1 heterocycles. The second-order valence-electron chi connectivity index (χ2n) is 5.10. The molecule has 0 N–H and O–H groups in total. The van der Waals surface area contributed by atoms with E-state index < -0.39 is 5.82 Å². The topological polar surface area (TPSA) is 63.9 Å². The van der Waals surface area contributed by atoms with Crippen LogP contribution in [0.3, 0.4) is 0 Å². The molecule has 2 aromatic carbocycles. The highest BCUT2D eigenvalue weighted by atomic mass is 19.1. The molecular weight excluding hydrogens is 309 g/mol. The van der Waals surface area contributed by atoms with Gasteiger partial charge < -0.3 is 4.90 Å². The zero-order chi connectivity index (χ0) is 16.9. The van der Waals surface area contributed by atoms with Gasteiger partial charge >= 0.3 is 0 Å². The van der Waals surface area contributed by atoms with Gasteiger partial charge in [-0.15, -0.1) is 10.2 Å². The maximum absolute atomic E-state index is 13.8. The summed E-state index contributed by atoms with van der Waals surface area (Å²) in [6.45, 7) is 2.35. The number of likely N-dealkylation sites (N-methyl/N-ethyl adjacent to an activating group) is 1. The van der Waals surface area contributed by atoms with E-state index in [2.05, 4.69) is 15.4 Å². The highest BCUT2D eigenvalue weighted by Gasteiger charge is 2.17. The third-order valence-electron chi connectivity index (χ3n) is 3.53. The van der Waals surface area contributed by atoms with Crippen molar-refractivity contribution in [2.45, 2.75) is 13.5 Å². The van der Waals surface area contributed by atoms with Crippen molar-refractivity contribution in [3.8, 4) is 11.4 Å². The number of carbonyl (C=O) groups is 1. The van der Waals surface area contributed by atoms with Crippen molar-refractivity contribution in [3.05, 3.63) is 60.4 Å². The number of para-hydroxylation sites is 1. The fourth-order valence-electron chi connectivity index (χ4n) is 2.38. The predicted octanol–water partition coefficient (Wildman–Crippen LogP) is 2.53. The van der Waals surface area contributed by atoms with Crippen molar-refractivity contribution in [2.75, 3.05) is 11.4 Å². The van der Waals surface area contributed by atoms with Crippen LogP contribution in [-0.4, -0.2) is 32.7 Å². The average Bonchev–Trinajstić information content (AvgIpc) is 3.05. The number of nitrogens with zero attached hydrogens (tertiary/aromatic N) is 5. The summed E-state index contributed by atoms with van der Waals surface area (Å²) in [5.41, 5.74) is 1.06. The van der Waals surface area contributed by atoms with Crippen molar-refractivity contribution in [1.29, 1.82) is 0 Å². The summed E-state index contributed by atoms with van der Waals surface area (Å²) < 4.78 is 13.8. The van der Waals surface area contributed by atoms with Crippen LogP contribution in [0.15, 0.2) is 54.6 Å².